The zero-order chi connectivity index (χ0) is 19.1. The van der Waals surface area contributed by atoms with Gasteiger partial charge in [0.05, 0.1) is 0 Å². The molecule has 1 aromatic heterocycles. The van der Waals surface area contributed by atoms with Crippen molar-refractivity contribution < 1.29 is 4.74 Å². The van der Waals surface area contributed by atoms with Crippen LogP contribution in [0.2, 0.25) is 0 Å². The lowest BCUT2D eigenvalue weighted by Gasteiger charge is -2.26. The van der Waals surface area contributed by atoms with E-state index in [0.29, 0.717) is 0 Å². The molecule has 0 radical (unpaired) electrons. The number of H-pyrrole nitrogens is 1. The summed E-state index contributed by atoms with van der Waals surface area (Å²) in [6.45, 7) is 8.86. The van der Waals surface area contributed by atoms with Crippen LogP contribution in [0.3, 0.4) is 0 Å². The van der Waals surface area contributed by atoms with Crippen molar-refractivity contribution in [3.8, 4) is 0 Å². The number of hydrogen-bond acceptors (Lipinski definition) is 2. The van der Waals surface area contributed by atoms with E-state index in [1.54, 1.807) is 0 Å². The Balaban J connectivity index is 0.00000280. The van der Waals surface area contributed by atoms with Crippen molar-refractivity contribution in [1.29, 1.82) is 0 Å². The molecule has 3 rings (SSSR count). The van der Waals surface area contributed by atoms with Gasteiger partial charge < -0.3 is 19.9 Å². The van der Waals surface area contributed by atoms with E-state index in [1.165, 1.54) is 41.3 Å². The van der Waals surface area contributed by atoms with Gasteiger partial charge in [-0.1, -0.05) is 18.2 Å². The zero-order valence-corrected chi connectivity index (χ0v) is 19.8. The number of ether oxygens (including phenoxy) is 1. The normalized spacial score (nSPS) is 15.5. The maximum atomic E-state index is 5.47. The molecule has 2 N–H and O–H groups in total. The molecule has 156 valence electrons. The van der Waals surface area contributed by atoms with Crippen LogP contribution in [0, 0.1) is 12.8 Å². The predicted octanol–water partition coefficient (Wildman–Crippen LogP) is 4.35. The molecule has 1 fully saturated rings. The highest BCUT2D eigenvalue weighted by Gasteiger charge is 2.15. The summed E-state index contributed by atoms with van der Waals surface area (Å²) in [5.41, 5.74) is 3.89. The maximum absolute atomic E-state index is 5.47. The minimum absolute atomic E-state index is 0. The molecule has 0 saturated carbocycles. The van der Waals surface area contributed by atoms with E-state index in [0.717, 1.165) is 51.1 Å². The number of nitrogens with one attached hydrogen (secondary N) is 2. The Labute approximate surface area is 186 Å². The number of guanidine groups is 1. The molecule has 0 aliphatic carbocycles. The molecule has 0 spiro atoms. The number of hydrogen-bond donors (Lipinski definition) is 2. The number of halogens is 1. The highest BCUT2D eigenvalue weighted by Crippen LogP contribution is 2.21. The summed E-state index contributed by atoms with van der Waals surface area (Å²) < 4.78 is 5.47. The summed E-state index contributed by atoms with van der Waals surface area (Å²) in [7, 11) is 2.15. The second kappa shape index (κ2) is 11.7. The standard InChI is InChI=1S/C22H34N4O.HI/c1-4-23-22(26(3)13-9-18-10-14-27-15-11-18)24-12-8-19-16-25-21-17(2)6-5-7-20(19)21;/h5-7,16,18,25H,4,8-15H2,1-3H3,(H,23,24);1H. The largest absolute Gasteiger partial charge is 0.381 e. The number of para-hydroxylation sites is 1. The molecule has 1 aromatic carbocycles. The predicted molar refractivity (Wildman–Crippen MR) is 129 cm³/mol. The summed E-state index contributed by atoms with van der Waals surface area (Å²) in [5.74, 6) is 1.80. The minimum atomic E-state index is 0. The summed E-state index contributed by atoms with van der Waals surface area (Å²) >= 11 is 0. The lowest BCUT2D eigenvalue weighted by atomic mass is 9.96. The number of aromatic amines is 1. The first kappa shape index (κ1) is 23.0. The highest BCUT2D eigenvalue weighted by atomic mass is 127. The Morgan fingerprint density at radius 1 is 1.32 bits per heavy atom. The lowest BCUT2D eigenvalue weighted by molar-refractivity contribution is 0.0625. The lowest BCUT2D eigenvalue weighted by Crippen LogP contribution is -2.40. The number of nitrogens with zero attached hydrogens (tertiary/aromatic N) is 2. The van der Waals surface area contributed by atoms with Gasteiger partial charge in [0.25, 0.3) is 0 Å². The van der Waals surface area contributed by atoms with Crippen molar-refractivity contribution in [1.82, 2.24) is 15.2 Å². The molecular weight excluding hydrogens is 463 g/mol. The summed E-state index contributed by atoms with van der Waals surface area (Å²) in [6, 6.07) is 6.48. The fourth-order valence-corrected chi connectivity index (χ4v) is 3.84. The van der Waals surface area contributed by atoms with Crippen molar-refractivity contribution in [3.05, 3.63) is 35.5 Å². The van der Waals surface area contributed by atoms with Gasteiger partial charge in [0.15, 0.2) is 5.96 Å². The smallest absolute Gasteiger partial charge is 0.193 e. The molecule has 28 heavy (non-hydrogen) atoms. The molecule has 5 nitrogen and oxygen atoms in total. The fourth-order valence-electron chi connectivity index (χ4n) is 3.84. The Kier molecular flexibility index (Phi) is 9.58. The van der Waals surface area contributed by atoms with E-state index < -0.39 is 0 Å². The van der Waals surface area contributed by atoms with Crippen LogP contribution in [0.5, 0.6) is 0 Å². The van der Waals surface area contributed by atoms with Crippen molar-refractivity contribution in [3.63, 3.8) is 0 Å². The van der Waals surface area contributed by atoms with E-state index in [-0.39, 0.29) is 24.0 Å². The Morgan fingerprint density at radius 2 is 2.11 bits per heavy atom. The van der Waals surface area contributed by atoms with E-state index >= 15 is 0 Å². The highest BCUT2D eigenvalue weighted by molar-refractivity contribution is 14.0. The second-order valence-corrected chi connectivity index (χ2v) is 7.56. The van der Waals surface area contributed by atoms with Gasteiger partial charge in [-0.3, -0.25) is 4.99 Å². The van der Waals surface area contributed by atoms with Crippen LogP contribution in [0.15, 0.2) is 29.4 Å². The molecule has 0 amide bonds. The molecule has 0 bridgehead atoms. The van der Waals surface area contributed by atoms with Crippen LogP contribution >= 0.6 is 24.0 Å². The van der Waals surface area contributed by atoms with Gasteiger partial charge in [-0.2, -0.15) is 0 Å². The molecule has 0 atom stereocenters. The summed E-state index contributed by atoms with van der Waals surface area (Å²) in [4.78, 5) is 10.6. The van der Waals surface area contributed by atoms with Crippen LogP contribution in [0.4, 0.5) is 0 Å². The van der Waals surface area contributed by atoms with Gasteiger partial charge in [-0.25, -0.2) is 0 Å². The quantitative estimate of drug-likeness (QED) is 0.339. The van der Waals surface area contributed by atoms with Gasteiger partial charge >= 0.3 is 0 Å². The first-order valence-electron chi connectivity index (χ1n) is 10.3. The average molecular weight is 498 g/mol. The van der Waals surface area contributed by atoms with Crippen LogP contribution in [0.1, 0.15) is 37.3 Å². The third kappa shape index (κ3) is 6.11. The van der Waals surface area contributed by atoms with Crippen LogP contribution in [-0.4, -0.2) is 55.7 Å². The van der Waals surface area contributed by atoms with E-state index in [1.807, 2.05) is 0 Å². The second-order valence-electron chi connectivity index (χ2n) is 7.56. The van der Waals surface area contributed by atoms with Crippen molar-refractivity contribution in [2.45, 2.75) is 39.5 Å². The minimum Gasteiger partial charge on any atom is -0.381 e. The Bertz CT molecular complexity index is 752. The van der Waals surface area contributed by atoms with Gasteiger partial charge in [0.2, 0.25) is 0 Å². The van der Waals surface area contributed by atoms with E-state index in [9.17, 15) is 0 Å². The van der Waals surface area contributed by atoms with Gasteiger partial charge in [-0.15, -0.1) is 24.0 Å². The Morgan fingerprint density at radius 3 is 2.86 bits per heavy atom. The van der Waals surface area contributed by atoms with Gasteiger partial charge in [0, 0.05) is 57.0 Å². The van der Waals surface area contributed by atoms with Crippen LogP contribution in [0.25, 0.3) is 10.9 Å². The van der Waals surface area contributed by atoms with Crippen molar-refractivity contribution in [2.24, 2.45) is 10.9 Å². The van der Waals surface area contributed by atoms with Crippen molar-refractivity contribution in [2.75, 3.05) is 39.9 Å². The molecular formula is C22H35IN4O. The molecule has 1 aliphatic heterocycles. The zero-order valence-electron chi connectivity index (χ0n) is 17.5. The van der Waals surface area contributed by atoms with Gasteiger partial charge in [0.1, 0.15) is 0 Å². The Hall–Kier alpha value is -1.28. The van der Waals surface area contributed by atoms with Crippen LogP contribution < -0.4 is 5.32 Å². The third-order valence-electron chi connectivity index (χ3n) is 5.56. The number of benzene rings is 1. The molecule has 6 heteroatoms. The third-order valence-corrected chi connectivity index (χ3v) is 5.56. The SMILES string of the molecule is CCNC(=NCCc1c[nH]c2c(C)cccc12)N(C)CCC1CCOCC1.I. The molecule has 2 aromatic rings. The van der Waals surface area contributed by atoms with Gasteiger partial charge in [-0.05, 0) is 56.6 Å². The average Bonchev–Trinajstić information content (AvgIpc) is 3.11. The number of aliphatic imine (C=N–C) groups is 1. The molecule has 1 aliphatic rings. The molecule has 1 saturated heterocycles. The number of aromatic nitrogens is 1. The fraction of sp³-hybridized carbons (Fsp3) is 0.591. The molecule has 0 unspecified atom stereocenters. The number of rotatable bonds is 7. The maximum Gasteiger partial charge on any atom is 0.193 e. The number of aryl methyl sites for hydroxylation is 1. The first-order valence-corrected chi connectivity index (χ1v) is 10.3. The van der Waals surface area contributed by atoms with E-state index in [4.69, 9.17) is 9.73 Å². The monoisotopic (exact) mass is 498 g/mol. The first-order chi connectivity index (χ1) is 13.2. The summed E-state index contributed by atoms with van der Waals surface area (Å²) in [5, 5.41) is 4.76. The summed E-state index contributed by atoms with van der Waals surface area (Å²) in [6.07, 6.45) is 6.69. The van der Waals surface area contributed by atoms with E-state index in [2.05, 4.69) is 60.5 Å². The number of fused-ring (bicyclic) bond motifs is 1. The topological polar surface area (TPSA) is 52.7 Å². The molecule has 2 heterocycles. The van der Waals surface area contributed by atoms with Crippen LogP contribution in [-0.2, 0) is 11.2 Å². The van der Waals surface area contributed by atoms with Crippen molar-refractivity contribution >= 4 is 40.8 Å².